The molecule has 2 amide bonds. The first-order valence-corrected chi connectivity index (χ1v) is 9.59. The highest BCUT2D eigenvalue weighted by Gasteiger charge is 2.27. The monoisotopic (exact) mass is 410 g/mol. The molecule has 0 fully saturated rings. The number of anilines is 1. The van der Waals surface area contributed by atoms with Gasteiger partial charge in [0.25, 0.3) is 5.91 Å². The summed E-state index contributed by atoms with van der Waals surface area (Å²) in [6, 6.07) is 18.9. The second-order valence-electron chi connectivity index (χ2n) is 6.59. The molecule has 148 valence electrons. The van der Waals surface area contributed by atoms with Crippen molar-refractivity contribution in [3.63, 3.8) is 0 Å². The average Bonchev–Trinajstić information content (AvgIpc) is 2.73. The fourth-order valence-electron chi connectivity index (χ4n) is 3.16. The zero-order chi connectivity index (χ0) is 20.2. The van der Waals surface area contributed by atoms with Crippen LogP contribution < -0.4 is 19.7 Å². The first-order chi connectivity index (χ1) is 14.1. The standard InChI is InChI=1S/C22H19ClN2O4/c23-17-6-8-20-19(12-17)25(22(27)14-29-20)13-21(26)24-9-10-28-18-7-5-15-3-1-2-4-16(15)11-18/h1-8,11-12H,9-10,13-14H2,(H,24,26). The van der Waals surface area contributed by atoms with Gasteiger partial charge in [-0.3, -0.25) is 14.5 Å². The van der Waals surface area contributed by atoms with Crippen LogP contribution in [0.5, 0.6) is 11.5 Å². The average molecular weight is 411 g/mol. The van der Waals surface area contributed by atoms with Crippen molar-refractivity contribution in [1.29, 1.82) is 0 Å². The van der Waals surface area contributed by atoms with Crippen molar-refractivity contribution in [2.75, 3.05) is 31.2 Å². The molecule has 0 atom stereocenters. The molecule has 0 aliphatic carbocycles. The van der Waals surface area contributed by atoms with E-state index in [4.69, 9.17) is 21.1 Å². The van der Waals surface area contributed by atoms with Crippen LogP contribution in [-0.4, -0.2) is 38.1 Å². The van der Waals surface area contributed by atoms with Crippen molar-refractivity contribution in [1.82, 2.24) is 5.32 Å². The number of nitrogens with zero attached hydrogens (tertiary/aromatic N) is 1. The van der Waals surface area contributed by atoms with Crippen molar-refractivity contribution < 1.29 is 19.1 Å². The molecule has 4 rings (SSSR count). The lowest BCUT2D eigenvalue weighted by Gasteiger charge is -2.29. The first-order valence-electron chi connectivity index (χ1n) is 9.21. The lowest BCUT2D eigenvalue weighted by Crippen LogP contribution is -2.45. The second-order valence-corrected chi connectivity index (χ2v) is 7.02. The number of hydrogen-bond acceptors (Lipinski definition) is 4. The number of carbonyl (C=O) groups is 2. The third-order valence-corrected chi connectivity index (χ3v) is 4.81. The summed E-state index contributed by atoms with van der Waals surface area (Å²) in [4.78, 5) is 25.9. The zero-order valence-corrected chi connectivity index (χ0v) is 16.3. The molecule has 1 N–H and O–H groups in total. The molecule has 0 saturated carbocycles. The molecule has 0 spiro atoms. The van der Waals surface area contributed by atoms with Gasteiger partial charge in [0.15, 0.2) is 6.61 Å². The Hall–Kier alpha value is -3.25. The molecule has 0 unspecified atom stereocenters. The maximum Gasteiger partial charge on any atom is 0.265 e. The minimum absolute atomic E-state index is 0.104. The van der Waals surface area contributed by atoms with Gasteiger partial charge >= 0.3 is 0 Å². The third kappa shape index (κ3) is 4.43. The van der Waals surface area contributed by atoms with Gasteiger partial charge in [-0.15, -0.1) is 0 Å². The van der Waals surface area contributed by atoms with Gasteiger partial charge in [-0.2, -0.15) is 0 Å². The number of halogens is 1. The Balaban J connectivity index is 1.30. The maximum atomic E-state index is 12.3. The normalized spacial score (nSPS) is 13.0. The Morgan fingerprint density at radius 3 is 2.79 bits per heavy atom. The largest absolute Gasteiger partial charge is 0.492 e. The quantitative estimate of drug-likeness (QED) is 0.632. The van der Waals surface area contributed by atoms with Crippen LogP contribution in [0.2, 0.25) is 5.02 Å². The van der Waals surface area contributed by atoms with Gasteiger partial charge in [0.2, 0.25) is 5.91 Å². The van der Waals surface area contributed by atoms with Crippen molar-refractivity contribution in [2.24, 2.45) is 0 Å². The number of fused-ring (bicyclic) bond motifs is 2. The highest BCUT2D eigenvalue weighted by molar-refractivity contribution is 6.31. The van der Waals surface area contributed by atoms with Crippen LogP contribution in [0.15, 0.2) is 60.7 Å². The molecular weight excluding hydrogens is 392 g/mol. The van der Waals surface area contributed by atoms with Crippen LogP contribution in [0, 0.1) is 0 Å². The van der Waals surface area contributed by atoms with Gasteiger partial charge in [-0.05, 0) is 41.1 Å². The number of carbonyl (C=O) groups excluding carboxylic acids is 2. The third-order valence-electron chi connectivity index (χ3n) is 4.58. The predicted octanol–water partition coefficient (Wildman–Crippen LogP) is 3.41. The van der Waals surface area contributed by atoms with Gasteiger partial charge in [0, 0.05) is 5.02 Å². The topological polar surface area (TPSA) is 67.9 Å². The minimum atomic E-state index is -0.290. The van der Waals surface area contributed by atoms with E-state index in [0.717, 1.165) is 16.5 Å². The fourth-order valence-corrected chi connectivity index (χ4v) is 3.33. The highest BCUT2D eigenvalue weighted by Crippen LogP contribution is 2.34. The summed E-state index contributed by atoms with van der Waals surface area (Å²) in [5.41, 5.74) is 0.497. The van der Waals surface area contributed by atoms with Crippen LogP contribution >= 0.6 is 11.6 Å². The van der Waals surface area contributed by atoms with E-state index in [1.807, 2.05) is 42.5 Å². The number of benzene rings is 3. The van der Waals surface area contributed by atoms with Crippen molar-refractivity contribution in [3.8, 4) is 11.5 Å². The van der Waals surface area contributed by atoms with Gasteiger partial charge in [-0.1, -0.05) is 41.9 Å². The summed E-state index contributed by atoms with van der Waals surface area (Å²) in [7, 11) is 0. The molecule has 1 heterocycles. The predicted molar refractivity (Wildman–Crippen MR) is 112 cm³/mol. The zero-order valence-electron chi connectivity index (χ0n) is 15.6. The van der Waals surface area contributed by atoms with Crippen LogP contribution in [0.3, 0.4) is 0 Å². The van der Waals surface area contributed by atoms with Crippen molar-refractivity contribution in [2.45, 2.75) is 0 Å². The molecule has 1 aliphatic rings. The Morgan fingerprint density at radius 2 is 1.93 bits per heavy atom. The van der Waals surface area contributed by atoms with Crippen LogP contribution in [0.4, 0.5) is 5.69 Å². The van der Waals surface area contributed by atoms with Crippen LogP contribution in [0.25, 0.3) is 10.8 Å². The number of nitrogens with one attached hydrogen (secondary N) is 1. The Kier molecular flexibility index (Phi) is 5.53. The van der Waals surface area contributed by atoms with Gasteiger partial charge in [0.1, 0.15) is 24.7 Å². The number of rotatable bonds is 6. The second kappa shape index (κ2) is 8.41. The fraction of sp³-hybridized carbons (Fsp3) is 0.182. The van der Waals surface area contributed by atoms with E-state index in [2.05, 4.69) is 5.32 Å². The first kappa shape index (κ1) is 19.1. The van der Waals surface area contributed by atoms with Gasteiger partial charge in [0.05, 0.1) is 12.2 Å². The smallest absolute Gasteiger partial charge is 0.265 e. The summed E-state index contributed by atoms with van der Waals surface area (Å²) in [5, 5.41) is 5.48. The summed E-state index contributed by atoms with van der Waals surface area (Å²) in [5.74, 6) is 0.696. The van der Waals surface area contributed by atoms with E-state index in [-0.39, 0.29) is 25.0 Å². The van der Waals surface area contributed by atoms with Crippen LogP contribution in [0.1, 0.15) is 0 Å². The van der Waals surface area contributed by atoms with E-state index in [1.54, 1.807) is 18.2 Å². The van der Waals surface area contributed by atoms with Crippen molar-refractivity contribution in [3.05, 3.63) is 65.7 Å². The molecule has 1 aliphatic heterocycles. The van der Waals surface area contributed by atoms with E-state index in [1.165, 1.54) is 4.90 Å². The van der Waals surface area contributed by atoms with Crippen molar-refractivity contribution >= 4 is 39.9 Å². The molecule has 6 nitrogen and oxygen atoms in total. The lowest BCUT2D eigenvalue weighted by molar-refractivity contribution is -0.125. The summed E-state index contributed by atoms with van der Waals surface area (Å²) in [6.45, 7) is 0.439. The molecule has 0 radical (unpaired) electrons. The van der Waals surface area contributed by atoms with E-state index < -0.39 is 0 Å². The summed E-state index contributed by atoms with van der Waals surface area (Å²) in [6.07, 6.45) is 0. The summed E-state index contributed by atoms with van der Waals surface area (Å²) >= 11 is 6.01. The molecule has 0 aromatic heterocycles. The molecular formula is C22H19ClN2O4. The molecule has 0 saturated heterocycles. The van der Waals surface area contributed by atoms with E-state index in [0.29, 0.717) is 29.6 Å². The highest BCUT2D eigenvalue weighted by atomic mass is 35.5. The number of ether oxygens (including phenoxy) is 2. The molecule has 3 aromatic rings. The Morgan fingerprint density at radius 1 is 1.10 bits per heavy atom. The van der Waals surface area contributed by atoms with Crippen LogP contribution in [-0.2, 0) is 9.59 Å². The molecule has 29 heavy (non-hydrogen) atoms. The molecule has 7 heteroatoms. The van der Waals surface area contributed by atoms with Gasteiger partial charge in [-0.25, -0.2) is 0 Å². The summed E-state index contributed by atoms with van der Waals surface area (Å²) < 4.78 is 11.1. The number of amides is 2. The molecule has 3 aromatic carbocycles. The molecule has 0 bridgehead atoms. The maximum absolute atomic E-state index is 12.3. The Labute approximate surface area is 173 Å². The van der Waals surface area contributed by atoms with E-state index >= 15 is 0 Å². The van der Waals surface area contributed by atoms with E-state index in [9.17, 15) is 9.59 Å². The Bertz CT molecular complexity index is 1070. The van der Waals surface area contributed by atoms with Gasteiger partial charge < -0.3 is 14.8 Å². The minimum Gasteiger partial charge on any atom is -0.492 e. The lowest BCUT2D eigenvalue weighted by atomic mass is 10.1. The SMILES string of the molecule is O=C(CN1C(=O)COc2ccc(Cl)cc21)NCCOc1ccc2ccccc2c1. The number of hydrogen-bond donors (Lipinski definition) is 1.